The number of nitriles is 2. The van der Waals surface area contributed by atoms with E-state index in [-0.39, 0.29) is 11.1 Å². The van der Waals surface area contributed by atoms with Gasteiger partial charge in [-0.05, 0) is 46.4 Å². The molecule has 0 saturated heterocycles. The molecule has 1 rings (SSSR count). The molecular weight excluding hydrogens is 344 g/mol. The number of rotatable bonds is 1. The highest BCUT2D eigenvalue weighted by atomic mass is 127. The third-order valence-electron chi connectivity index (χ3n) is 1.86. The van der Waals surface area contributed by atoms with Crippen molar-refractivity contribution in [3.63, 3.8) is 0 Å². The fourth-order valence-electron chi connectivity index (χ4n) is 1.14. The molecule has 0 amide bonds. The van der Waals surface area contributed by atoms with Gasteiger partial charge in [0.15, 0.2) is 0 Å². The van der Waals surface area contributed by atoms with E-state index in [4.69, 9.17) is 10.5 Å². The van der Waals surface area contributed by atoms with Crippen molar-refractivity contribution < 1.29 is 13.2 Å². The van der Waals surface area contributed by atoms with Crippen LogP contribution in [-0.4, -0.2) is 0 Å². The first-order valence-electron chi connectivity index (χ1n) is 4.27. The van der Waals surface area contributed by atoms with E-state index in [0.29, 0.717) is 3.57 Å². The average Bonchev–Trinajstić information content (AvgIpc) is 2.26. The molecule has 1 aromatic carbocycles. The molecule has 0 N–H and O–H groups in total. The van der Waals surface area contributed by atoms with Crippen LogP contribution in [0.5, 0.6) is 0 Å². The smallest absolute Gasteiger partial charge is 0.192 e. The summed E-state index contributed by atoms with van der Waals surface area (Å²) in [6.45, 7) is 0. The summed E-state index contributed by atoms with van der Waals surface area (Å²) in [7, 11) is 0. The number of hydrogen-bond donors (Lipinski definition) is 0. The van der Waals surface area contributed by atoms with Gasteiger partial charge in [-0.15, -0.1) is 0 Å². The zero-order chi connectivity index (χ0) is 13.1. The first-order valence-corrected chi connectivity index (χ1v) is 5.35. The topological polar surface area (TPSA) is 47.6 Å². The van der Waals surface area contributed by atoms with Gasteiger partial charge in [0.2, 0.25) is 0 Å². The lowest BCUT2D eigenvalue weighted by molar-refractivity contribution is -0.137. The van der Waals surface area contributed by atoms with Crippen molar-refractivity contribution >= 4 is 28.7 Å². The molecule has 0 radical (unpaired) electrons. The molecule has 0 spiro atoms. The van der Waals surface area contributed by atoms with Gasteiger partial charge in [-0.1, -0.05) is 6.07 Å². The average molecular weight is 348 g/mol. The first kappa shape index (κ1) is 13.5. The summed E-state index contributed by atoms with van der Waals surface area (Å²) in [6.07, 6.45) is -3.58. The van der Waals surface area contributed by atoms with Crippen molar-refractivity contribution in [2.24, 2.45) is 0 Å². The van der Waals surface area contributed by atoms with Crippen molar-refractivity contribution in [3.8, 4) is 12.1 Å². The summed E-state index contributed by atoms with van der Waals surface area (Å²) in [5.41, 5.74) is -1.40. The maximum atomic E-state index is 12.7. The zero-order valence-electron chi connectivity index (χ0n) is 8.22. The lowest BCUT2D eigenvalue weighted by atomic mass is 10.0. The molecule has 0 aliphatic heterocycles. The van der Waals surface area contributed by atoms with Gasteiger partial charge in [0.1, 0.15) is 17.7 Å². The van der Waals surface area contributed by atoms with Crippen LogP contribution < -0.4 is 0 Å². The SMILES string of the molecule is N#CC(C#N)=Cc1ccc(I)cc1C(F)(F)F. The van der Waals surface area contributed by atoms with Crippen molar-refractivity contribution in [2.45, 2.75) is 6.18 Å². The van der Waals surface area contributed by atoms with Crippen LogP contribution >= 0.6 is 22.6 Å². The zero-order valence-corrected chi connectivity index (χ0v) is 10.4. The van der Waals surface area contributed by atoms with E-state index in [2.05, 4.69) is 0 Å². The highest BCUT2D eigenvalue weighted by Crippen LogP contribution is 2.33. The predicted octanol–water partition coefficient (Wildman–Crippen LogP) is 3.74. The van der Waals surface area contributed by atoms with Crippen molar-refractivity contribution in [1.82, 2.24) is 0 Å². The van der Waals surface area contributed by atoms with Crippen LogP contribution in [0.4, 0.5) is 13.2 Å². The molecule has 0 saturated carbocycles. The maximum Gasteiger partial charge on any atom is 0.417 e. The fourth-order valence-corrected chi connectivity index (χ4v) is 1.64. The van der Waals surface area contributed by atoms with Gasteiger partial charge < -0.3 is 0 Å². The molecule has 0 aliphatic rings. The highest BCUT2D eigenvalue weighted by Gasteiger charge is 2.33. The number of alkyl halides is 3. The Morgan fingerprint density at radius 2 is 1.82 bits per heavy atom. The normalized spacial score (nSPS) is 10.2. The molecule has 0 heterocycles. The minimum absolute atomic E-state index is 0.184. The summed E-state index contributed by atoms with van der Waals surface area (Å²) in [6, 6.07) is 6.74. The maximum absolute atomic E-state index is 12.7. The minimum Gasteiger partial charge on any atom is -0.192 e. The van der Waals surface area contributed by atoms with Gasteiger partial charge >= 0.3 is 6.18 Å². The first-order chi connectivity index (χ1) is 7.88. The second-order valence-corrected chi connectivity index (χ2v) is 4.26. The molecule has 0 aromatic heterocycles. The molecule has 1 aromatic rings. The van der Waals surface area contributed by atoms with Crippen LogP contribution in [0.2, 0.25) is 0 Å². The van der Waals surface area contributed by atoms with Crippen LogP contribution in [-0.2, 0) is 6.18 Å². The fraction of sp³-hybridized carbons (Fsp3) is 0.0909. The van der Waals surface area contributed by atoms with E-state index < -0.39 is 11.7 Å². The molecule has 0 fully saturated rings. The Labute approximate surface area is 109 Å². The third kappa shape index (κ3) is 3.46. The largest absolute Gasteiger partial charge is 0.417 e. The summed E-state index contributed by atoms with van der Waals surface area (Å²) >= 11 is 1.76. The molecule has 0 unspecified atom stereocenters. The summed E-state index contributed by atoms with van der Waals surface area (Å²) < 4.78 is 38.5. The van der Waals surface area contributed by atoms with Gasteiger partial charge in [0, 0.05) is 3.57 Å². The molecular formula is C11H4F3IN2. The predicted molar refractivity (Wildman–Crippen MR) is 63.4 cm³/mol. The number of allylic oxidation sites excluding steroid dienone is 1. The van der Waals surface area contributed by atoms with Crippen molar-refractivity contribution in [2.75, 3.05) is 0 Å². The molecule has 0 aliphatic carbocycles. The number of nitrogens with zero attached hydrogens (tertiary/aromatic N) is 2. The molecule has 0 bridgehead atoms. The molecule has 0 atom stereocenters. The van der Waals surface area contributed by atoms with Gasteiger partial charge in [0.25, 0.3) is 0 Å². The third-order valence-corrected chi connectivity index (χ3v) is 2.53. The van der Waals surface area contributed by atoms with Crippen LogP contribution in [0.25, 0.3) is 6.08 Å². The summed E-state index contributed by atoms with van der Waals surface area (Å²) in [5.74, 6) is 0. The quantitative estimate of drug-likeness (QED) is 0.573. The molecule has 17 heavy (non-hydrogen) atoms. The Kier molecular flexibility index (Phi) is 4.13. The number of benzene rings is 1. The van der Waals surface area contributed by atoms with Crippen molar-refractivity contribution in [3.05, 3.63) is 38.5 Å². The second kappa shape index (κ2) is 5.19. The number of halogens is 4. The van der Waals surface area contributed by atoms with Gasteiger partial charge in [-0.3, -0.25) is 0 Å². The van der Waals surface area contributed by atoms with Crippen LogP contribution in [0, 0.1) is 26.2 Å². The number of hydrogen-bond acceptors (Lipinski definition) is 2. The van der Waals surface area contributed by atoms with Crippen LogP contribution in [0.15, 0.2) is 23.8 Å². The van der Waals surface area contributed by atoms with E-state index in [1.54, 1.807) is 22.6 Å². The van der Waals surface area contributed by atoms with Gasteiger partial charge in [-0.2, -0.15) is 23.7 Å². The van der Waals surface area contributed by atoms with E-state index >= 15 is 0 Å². The Morgan fingerprint density at radius 3 is 2.29 bits per heavy atom. The van der Waals surface area contributed by atoms with Crippen molar-refractivity contribution in [1.29, 1.82) is 10.5 Å². The van der Waals surface area contributed by atoms with E-state index in [0.717, 1.165) is 12.1 Å². The summed E-state index contributed by atoms with van der Waals surface area (Å²) in [5, 5.41) is 17.0. The van der Waals surface area contributed by atoms with E-state index in [9.17, 15) is 13.2 Å². The highest BCUT2D eigenvalue weighted by molar-refractivity contribution is 14.1. The Bertz CT molecular complexity index is 531. The molecule has 86 valence electrons. The van der Waals surface area contributed by atoms with Crippen LogP contribution in [0.1, 0.15) is 11.1 Å². The monoisotopic (exact) mass is 348 g/mol. The lowest BCUT2D eigenvalue weighted by Gasteiger charge is -2.10. The Hall–Kier alpha value is -1.54. The van der Waals surface area contributed by atoms with Crippen LogP contribution in [0.3, 0.4) is 0 Å². The Balaban J connectivity index is 3.42. The summed E-state index contributed by atoms with van der Waals surface area (Å²) in [4.78, 5) is 0. The second-order valence-electron chi connectivity index (χ2n) is 3.01. The van der Waals surface area contributed by atoms with E-state index in [1.165, 1.54) is 24.3 Å². The standard InChI is InChI=1S/C11H4F3IN2/c12-11(13,14)10-4-9(15)2-1-8(10)3-7(5-16)6-17/h1-4H. The van der Waals surface area contributed by atoms with E-state index in [1.807, 2.05) is 0 Å². The lowest BCUT2D eigenvalue weighted by Crippen LogP contribution is -2.07. The Morgan fingerprint density at radius 1 is 1.24 bits per heavy atom. The van der Waals surface area contributed by atoms with Gasteiger partial charge in [0.05, 0.1) is 5.56 Å². The molecule has 2 nitrogen and oxygen atoms in total. The minimum atomic E-state index is -4.51. The van der Waals surface area contributed by atoms with Gasteiger partial charge in [-0.25, -0.2) is 0 Å². The molecule has 6 heteroatoms.